The summed E-state index contributed by atoms with van der Waals surface area (Å²) in [6, 6.07) is 20.0. The molecule has 108 valence electrons. The van der Waals surface area contributed by atoms with Crippen LogP contribution in [-0.4, -0.2) is 5.66 Å². The number of allylic oxidation sites excluding steroid dienone is 2. The van der Waals surface area contributed by atoms with Crippen LogP contribution in [0.4, 0.5) is 0 Å². The molecule has 21 heavy (non-hydrogen) atoms. The molecule has 0 amide bonds. The van der Waals surface area contributed by atoms with Gasteiger partial charge in [-0.2, -0.15) is 0 Å². The summed E-state index contributed by atoms with van der Waals surface area (Å²) in [5.74, 6) is 0. The maximum absolute atomic E-state index is 14.1. The zero-order valence-corrected chi connectivity index (χ0v) is 13.3. The van der Waals surface area contributed by atoms with Gasteiger partial charge in [0.25, 0.3) is 0 Å². The molecule has 0 saturated carbocycles. The smallest absolute Gasteiger partial charge is 0.149 e. The molecule has 0 unspecified atom stereocenters. The summed E-state index contributed by atoms with van der Waals surface area (Å²) >= 11 is 0. The Morgan fingerprint density at radius 2 is 1.43 bits per heavy atom. The second-order valence-electron chi connectivity index (χ2n) is 5.68. The van der Waals surface area contributed by atoms with E-state index in [4.69, 9.17) is 0 Å². The van der Waals surface area contributed by atoms with Gasteiger partial charge in [-0.25, -0.2) is 0 Å². The second kappa shape index (κ2) is 6.03. The van der Waals surface area contributed by atoms with E-state index in [-0.39, 0.29) is 5.66 Å². The lowest BCUT2D eigenvalue weighted by molar-refractivity contribution is 0.582. The molecule has 0 aromatic heterocycles. The minimum Gasteiger partial charge on any atom is -0.313 e. The van der Waals surface area contributed by atoms with Crippen LogP contribution in [0.2, 0.25) is 0 Å². The van der Waals surface area contributed by atoms with Gasteiger partial charge in [-0.05, 0) is 19.3 Å². The molecule has 0 N–H and O–H groups in total. The van der Waals surface area contributed by atoms with Gasteiger partial charge in [0.2, 0.25) is 0 Å². The minimum atomic E-state index is -2.63. The van der Waals surface area contributed by atoms with E-state index in [1.165, 1.54) is 12.0 Å². The van der Waals surface area contributed by atoms with Crippen molar-refractivity contribution in [1.82, 2.24) is 0 Å². The molecule has 0 saturated heterocycles. The van der Waals surface area contributed by atoms with Crippen molar-refractivity contribution in [2.45, 2.75) is 31.8 Å². The fourth-order valence-electron chi connectivity index (χ4n) is 3.20. The molecular formula is C19H21OP. The molecule has 0 radical (unpaired) electrons. The maximum Gasteiger partial charge on any atom is 0.149 e. The van der Waals surface area contributed by atoms with E-state index in [9.17, 15) is 4.57 Å². The van der Waals surface area contributed by atoms with Crippen LogP contribution in [-0.2, 0) is 4.57 Å². The van der Waals surface area contributed by atoms with Crippen LogP contribution >= 0.6 is 7.14 Å². The van der Waals surface area contributed by atoms with E-state index in [1.807, 2.05) is 60.7 Å². The number of hydrogen-bond acceptors (Lipinski definition) is 1. The lowest BCUT2D eigenvalue weighted by atomic mass is 10.2. The van der Waals surface area contributed by atoms with Crippen molar-refractivity contribution in [3.63, 3.8) is 0 Å². The Morgan fingerprint density at radius 3 is 1.86 bits per heavy atom. The molecule has 1 nitrogen and oxygen atoms in total. The quantitative estimate of drug-likeness (QED) is 0.600. The normalized spacial score (nSPS) is 16.5. The van der Waals surface area contributed by atoms with E-state index in [0.717, 1.165) is 23.5 Å². The first-order chi connectivity index (χ1) is 10.2. The van der Waals surface area contributed by atoms with Crippen LogP contribution in [0, 0.1) is 0 Å². The number of benzene rings is 2. The Kier molecular flexibility index (Phi) is 4.12. The van der Waals surface area contributed by atoms with Crippen LogP contribution in [0.3, 0.4) is 0 Å². The van der Waals surface area contributed by atoms with Crippen molar-refractivity contribution < 1.29 is 4.57 Å². The zero-order chi connectivity index (χ0) is 14.7. The first kappa shape index (κ1) is 14.4. The van der Waals surface area contributed by atoms with Crippen LogP contribution in [0.15, 0.2) is 72.3 Å². The van der Waals surface area contributed by atoms with Gasteiger partial charge in [0.05, 0.1) is 0 Å². The van der Waals surface area contributed by atoms with Gasteiger partial charge in [-0.3, -0.25) is 0 Å². The van der Waals surface area contributed by atoms with Crippen LogP contribution in [0.25, 0.3) is 0 Å². The standard InChI is InChI=1S/C19H21OP/c1-16(17-10-8-9-11-17)21(20,18-12-4-2-5-13-18)19-14-6-3-7-15-19/h2-7,10,12-16H,8-9,11H2,1H3/t16-/m0/s1. The van der Waals surface area contributed by atoms with E-state index < -0.39 is 7.14 Å². The number of rotatable bonds is 4. The first-order valence-electron chi connectivity index (χ1n) is 7.63. The van der Waals surface area contributed by atoms with Gasteiger partial charge < -0.3 is 4.57 Å². The third-order valence-electron chi connectivity index (χ3n) is 4.44. The van der Waals surface area contributed by atoms with Crippen LogP contribution in [0.5, 0.6) is 0 Å². The summed E-state index contributed by atoms with van der Waals surface area (Å²) < 4.78 is 14.1. The molecule has 0 aliphatic heterocycles. The van der Waals surface area contributed by atoms with Gasteiger partial charge in [-0.1, -0.05) is 79.2 Å². The van der Waals surface area contributed by atoms with E-state index in [2.05, 4.69) is 13.0 Å². The lowest BCUT2D eigenvalue weighted by Gasteiger charge is -2.27. The second-order valence-corrected chi connectivity index (χ2v) is 8.80. The Morgan fingerprint density at radius 1 is 0.905 bits per heavy atom. The molecule has 2 aromatic rings. The molecule has 1 atom stereocenters. The predicted octanol–water partition coefficient (Wildman–Crippen LogP) is 4.50. The first-order valence-corrected chi connectivity index (χ1v) is 9.40. The average Bonchev–Trinajstić information content (AvgIpc) is 3.09. The summed E-state index contributed by atoms with van der Waals surface area (Å²) in [5, 5.41) is 1.94. The summed E-state index contributed by atoms with van der Waals surface area (Å²) in [7, 11) is -2.63. The fourth-order valence-corrected chi connectivity index (χ4v) is 6.33. The largest absolute Gasteiger partial charge is 0.313 e. The Hall–Kier alpha value is -1.59. The van der Waals surface area contributed by atoms with Gasteiger partial charge >= 0.3 is 0 Å². The molecule has 1 aliphatic rings. The highest BCUT2D eigenvalue weighted by Crippen LogP contribution is 2.52. The van der Waals surface area contributed by atoms with Crippen molar-refractivity contribution in [3.05, 3.63) is 72.3 Å². The molecule has 0 spiro atoms. The highest BCUT2D eigenvalue weighted by molar-refractivity contribution is 7.79. The molecule has 0 bridgehead atoms. The highest BCUT2D eigenvalue weighted by Gasteiger charge is 2.35. The molecular weight excluding hydrogens is 275 g/mol. The Bertz CT molecular complexity index is 630. The predicted molar refractivity (Wildman–Crippen MR) is 91.2 cm³/mol. The van der Waals surface area contributed by atoms with Crippen molar-refractivity contribution in [2.75, 3.05) is 0 Å². The van der Waals surface area contributed by atoms with Crippen molar-refractivity contribution >= 4 is 17.8 Å². The molecule has 2 aromatic carbocycles. The van der Waals surface area contributed by atoms with Gasteiger partial charge in [0.15, 0.2) is 0 Å². The van der Waals surface area contributed by atoms with E-state index >= 15 is 0 Å². The zero-order valence-electron chi connectivity index (χ0n) is 12.4. The molecule has 3 rings (SSSR count). The van der Waals surface area contributed by atoms with Gasteiger partial charge in [-0.15, -0.1) is 0 Å². The summed E-state index contributed by atoms with van der Waals surface area (Å²) in [6.07, 6.45) is 5.71. The monoisotopic (exact) mass is 296 g/mol. The lowest BCUT2D eigenvalue weighted by Crippen LogP contribution is -2.25. The average molecular weight is 296 g/mol. The van der Waals surface area contributed by atoms with E-state index in [0.29, 0.717) is 0 Å². The SMILES string of the molecule is C[C@@H](C1=CCCC1)P(=O)(c1ccccc1)c1ccccc1. The number of hydrogen-bond donors (Lipinski definition) is 0. The summed E-state index contributed by atoms with van der Waals surface area (Å²) in [6.45, 7) is 2.14. The highest BCUT2D eigenvalue weighted by atomic mass is 31.2. The van der Waals surface area contributed by atoms with Gasteiger partial charge in [0.1, 0.15) is 7.14 Å². The van der Waals surface area contributed by atoms with Crippen LogP contribution in [0.1, 0.15) is 26.2 Å². The molecule has 1 aliphatic carbocycles. The topological polar surface area (TPSA) is 17.1 Å². The third-order valence-corrected chi connectivity index (χ3v) is 7.99. The van der Waals surface area contributed by atoms with Crippen molar-refractivity contribution in [2.24, 2.45) is 0 Å². The molecule has 2 heteroatoms. The van der Waals surface area contributed by atoms with Crippen LogP contribution < -0.4 is 10.6 Å². The maximum atomic E-state index is 14.1. The third kappa shape index (κ3) is 2.63. The fraction of sp³-hybridized carbons (Fsp3) is 0.263. The Balaban J connectivity index is 2.14. The summed E-state index contributed by atoms with van der Waals surface area (Å²) in [5.41, 5.74) is 1.45. The van der Waals surface area contributed by atoms with Gasteiger partial charge in [0, 0.05) is 16.3 Å². The molecule has 0 fully saturated rings. The van der Waals surface area contributed by atoms with Crippen molar-refractivity contribution in [1.29, 1.82) is 0 Å². The van der Waals surface area contributed by atoms with E-state index in [1.54, 1.807) is 0 Å². The van der Waals surface area contributed by atoms with Crippen molar-refractivity contribution in [3.8, 4) is 0 Å². The summed E-state index contributed by atoms with van der Waals surface area (Å²) in [4.78, 5) is 0. The Labute approximate surface area is 127 Å². The minimum absolute atomic E-state index is 0.0878. The molecule has 0 heterocycles.